The summed E-state index contributed by atoms with van der Waals surface area (Å²) in [4.78, 5) is 6.97. The minimum atomic E-state index is 1.07. The predicted octanol–water partition coefficient (Wildman–Crippen LogP) is 15.6. The number of nitrogens with zero attached hydrogens (tertiary/aromatic N) is 3. The molecule has 0 aromatic heterocycles. The molecule has 0 saturated heterocycles. The molecule has 0 unspecified atom stereocenters. The molecule has 0 atom stereocenters. The van der Waals surface area contributed by atoms with Gasteiger partial charge in [-0.1, -0.05) is 127 Å². The zero-order chi connectivity index (χ0) is 38.0. The van der Waals surface area contributed by atoms with Crippen molar-refractivity contribution in [3.8, 4) is 0 Å². The van der Waals surface area contributed by atoms with Gasteiger partial charge >= 0.3 is 0 Å². The quantitative estimate of drug-likeness (QED) is 0.137. The van der Waals surface area contributed by atoms with Crippen molar-refractivity contribution in [1.82, 2.24) is 0 Å². The number of anilines is 9. The van der Waals surface area contributed by atoms with Crippen LogP contribution in [0.25, 0.3) is 32.3 Å². The zero-order valence-corrected chi connectivity index (χ0v) is 31.4. The average Bonchev–Trinajstić information content (AvgIpc) is 3.29. The van der Waals surface area contributed by atoms with Crippen LogP contribution in [-0.4, -0.2) is 0 Å². The lowest BCUT2D eigenvalue weighted by Gasteiger charge is -2.29. The number of benzene rings is 10. The highest BCUT2D eigenvalue weighted by Gasteiger charge is 2.18. The minimum Gasteiger partial charge on any atom is -0.311 e. The molecule has 0 N–H and O–H groups in total. The molecular formula is C54H39N3. The fraction of sp³-hybridized carbons (Fsp3) is 0. The molecule has 0 spiro atoms. The van der Waals surface area contributed by atoms with E-state index in [2.05, 4.69) is 251 Å². The first-order chi connectivity index (χ1) is 28.3. The Balaban J connectivity index is 1.09. The van der Waals surface area contributed by atoms with Crippen LogP contribution in [0, 0.1) is 0 Å². The first-order valence-corrected chi connectivity index (χ1v) is 19.4. The average molecular weight is 730 g/mol. The zero-order valence-electron chi connectivity index (χ0n) is 31.4. The summed E-state index contributed by atoms with van der Waals surface area (Å²) in [6, 6.07) is 84.7. The summed E-state index contributed by atoms with van der Waals surface area (Å²) < 4.78 is 0. The molecule has 0 aliphatic carbocycles. The monoisotopic (exact) mass is 729 g/mol. The Morgan fingerprint density at radius 2 is 0.456 bits per heavy atom. The highest BCUT2D eigenvalue weighted by molar-refractivity contribution is 6.17. The van der Waals surface area contributed by atoms with Crippen LogP contribution >= 0.6 is 0 Å². The van der Waals surface area contributed by atoms with E-state index in [1.165, 1.54) is 32.3 Å². The Morgan fingerprint density at radius 1 is 0.175 bits per heavy atom. The third kappa shape index (κ3) is 6.52. The van der Waals surface area contributed by atoms with Gasteiger partial charge in [0.2, 0.25) is 0 Å². The normalized spacial score (nSPS) is 11.2. The Kier molecular flexibility index (Phi) is 8.86. The van der Waals surface area contributed by atoms with Gasteiger partial charge in [-0.3, -0.25) is 0 Å². The first kappa shape index (κ1) is 33.9. The second kappa shape index (κ2) is 14.9. The highest BCUT2D eigenvalue weighted by Crippen LogP contribution is 2.42. The molecular weight excluding hydrogens is 691 g/mol. The minimum absolute atomic E-state index is 1.07. The number of rotatable bonds is 9. The van der Waals surface area contributed by atoms with Crippen LogP contribution in [-0.2, 0) is 0 Å². The fourth-order valence-corrected chi connectivity index (χ4v) is 8.11. The van der Waals surface area contributed by atoms with Crippen molar-refractivity contribution in [1.29, 1.82) is 0 Å². The number of para-hydroxylation sites is 4. The first-order valence-electron chi connectivity index (χ1n) is 19.4. The highest BCUT2D eigenvalue weighted by atomic mass is 15.2. The number of hydrogen-bond donors (Lipinski definition) is 0. The number of hydrogen-bond acceptors (Lipinski definition) is 3. The topological polar surface area (TPSA) is 9.72 Å². The molecule has 0 aliphatic rings. The van der Waals surface area contributed by atoms with Crippen LogP contribution in [0.1, 0.15) is 0 Å². The van der Waals surface area contributed by atoms with Crippen molar-refractivity contribution in [3.63, 3.8) is 0 Å². The van der Waals surface area contributed by atoms with E-state index >= 15 is 0 Å². The van der Waals surface area contributed by atoms with Crippen LogP contribution in [0.4, 0.5) is 51.2 Å². The third-order valence-electron chi connectivity index (χ3n) is 10.8. The SMILES string of the molecule is c1ccc(N(c2ccccc2)c2ccc(N(c3ccc(N(c4ccccc4)c4ccccc4)cc3)c3ccc4c(ccc5c6ccccc6ccc45)c3)cc2)cc1. The van der Waals surface area contributed by atoms with E-state index in [9.17, 15) is 0 Å². The molecule has 0 fully saturated rings. The molecule has 270 valence electrons. The largest absolute Gasteiger partial charge is 0.311 e. The Hall–Kier alpha value is -7.62. The van der Waals surface area contributed by atoms with Crippen molar-refractivity contribution < 1.29 is 0 Å². The van der Waals surface area contributed by atoms with E-state index < -0.39 is 0 Å². The maximum absolute atomic E-state index is 2.36. The molecule has 0 heterocycles. The van der Waals surface area contributed by atoms with Crippen molar-refractivity contribution in [2.75, 3.05) is 14.7 Å². The van der Waals surface area contributed by atoms with Gasteiger partial charge < -0.3 is 14.7 Å². The summed E-state index contributed by atoms with van der Waals surface area (Å²) in [6.45, 7) is 0. The maximum atomic E-state index is 2.36. The Bertz CT molecular complexity index is 2730. The van der Waals surface area contributed by atoms with Crippen LogP contribution in [0.3, 0.4) is 0 Å². The summed E-state index contributed by atoms with van der Waals surface area (Å²) in [6.07, 6.45) is 0. The Labute approximate surface area is 333 Å². The molecule has 0 radical (unpaired) electrons. The van der Waals surface area contributed by atoms with E-state index in [1.54, 1.807) is 0 Å². The summed E-state index contributed by atoms with van der Waals surface area (Å²) in [5.74, 6) is 0. The van der Waals surface area contributed by atoms with E-state index in [4.69, 9.17) is 0 Å². The lowest BCUT2D eigenvalue weighted by atomic mass is 9.96. The second-order valence-corrected chi connectivity index (χ2v) is 14.2. The molecule has 3 nitrogen and oxygen atoms in total. The molecule has 10 aromatic rings. The summed E-state index contributed by atoms with van der Waals surface area (Å²) >= 11 is 0. The van der Waals surface area contributed by atoms with Gasteiger partial charge in [-0.25, -0.2) is 0 Å². The smallest absolute Gasteiger partial charge is 0.0468 e. The molecule has 0 amide bonds. The van der Waals surface area contributed by atoms with Gasteiger partial charge in [-0.2, -0.15) is 0 Å². The van der Waals surface area contributed by atoms with Crippen molar-refractivity contribution in [2.45, 2.75) is 0 Å². The van der Waals surface area contributed by atoms with E-state index in [0.29, 0.717) is 0 Å². The maximum Gasteiger partial charge on any atom is 0.0468 e. The molecule has 0 saturated carbocycles. The van der Waals surface area contributed by atoms with Gasteiger partial charge in [0.15, 0.2) is 0 Å². The standard InChI is InChI=1S/C54H39N3/c1-5-16-42(17-6-1)55(43-18-7-2-8-19-43)46-27-31-48(32-28-46)57(49-33-29-47(30-34-49)56(44-20-9-3-10-21-44)45-22-11-4-12-23-45)50-35-38-52-41(39-50)26-37-53-51-24-14-13-15-40(51)25-36-54(52)53/h1-39H. The molecule has 10 aromatic carbocycles. The van der Waals surface area contributed by atoms with Gasteiger partial charge in [-0.15, -0.1) is 0 Å². The summed E-state index contributed by atoms with van der Waals surface area (Å²) in [5, 5.41) is 7.53. The van der Waals surface area contributed by atoms with E-state index in [0.717, 1.165) is 51.2 Å². The molecule has 10 rings (SSSR count). The van der Waals surface area contributed by atoms with Crippen LogP contribution in [0.15, 0.2) is 237 Å². The molecule has 0 aliphatic heterocycles. The van der Waals surface area contributed by atoms with Gasteiger partial charge in [0.05, 0.1) is 0 Å². The predicted molar refractivity (Wildman–Crippen MR) is 243 cm³/mol. The van der Waals surface area contributed by atoms with Crippen molar-refractivity contribution >= 4 is 83.5 Å². The summed E-state index contributed by atoms with van der Waals surface area (Å²) in [7, 11) is 0. The van der Waals surface area contributed by atoms with Gasteiger partial charge in [0, 0.05) is 51.2 Å². The number of fused-ring (bicyclic) bond motifs is 5. The summed E-state index contributed by atoms with van der Waals surface area (Å²) in [5.41, 5.74) is 9.85. The van der Waals surface area contributed by atoms with E-state index in [-0.39, 0.29) is 0 Å². The second-order valence-electron chi connectivity index (χ2n) is 14.2. The van der Waals surface area contributed by atoms with Crippen LogP contribution in [0.5, 0.6) is 0 Å². The van der Waals surface area contributed by atoms with Crippen LogP contribution in [0.2, 0.25) is 0 Å². The Morgan fingerprint density at radius 3 is 0.877 bits per heavy atom. The molecule has 0 bridgehead atoms. The van der Waals surface area contributed by atoms with Gasteiger partial charge in [0.1, 0.15) is 0 Å². The lowest BCUT2D eigenvalue weighted by molar-refractivity contribution is 1.25. The van der Waals surface area contributed by atoms with Gasteiger partial charge in [0.25, 0.3) is 0 Å². The van der Waals surface area contributed by atoms with Gasteiger partial charge in [-0.05, 0) is 142 Å². The lowest BCUT2D eigenvalue weighted by Crippen LogP contribution is -2.13. The van der Waals surface area contributed by atoms with E-state index in [1.807, 2.05) is 0 Å². The van der Waals surface area contributed by atoms with Crippen molar-refractivity contribution in [2.24, 2.45) is 0 Å². The van der Waals surface area contributed by atoms with Crippen molar-refractivity contribution in [3.05, 3.63) is 237 Å². The molecule has 57 heavy (non-hydrogen) atoms. The fourth-order valence-electron chi connectivity index (χ4n) is 8.11. The molecule has 3 heteroatoms. The van der Waals surface area contributed by atoms with Crippen LogP contribution < -0.4 is 14.7 Å². The third-order valence-corrected chi connectivity index (χ3v) is 10.8.